The molecule has 5 nitrogen and oxygen atoms in total. The maximum absolute atomic E-state index is 12.3. The first-order chi connectivity index (χ1) is 10.7. The Morgan fingerprint density at radius 3 is 3.00 bits per heavy atom. The largest absolute Gasteiger partial charge is 0.352 e. The van der Waals surface area contributed by atoms with E-state index in [9.17, 15) is 4.79 Å². The molecule has 0 unspecified atom stereocenters. The third kappa shape index (κ3) is 3.89. The molecule has 0 spiro atoms. The molecule has 2 heterocycles. The predicted molar refractivity (Wildman–Crippen MR) is 90.0 cm³/mol. The molecule has 0 aliphatic heterocycles. The highest BCUT2D eigenvalue weighted by molar-refractivity contribution is 8.00. The summed E-state index contributed by atoms with van der Waals surface area (Å²) in [6.45, 7) is 1.91. The molecule has 1 saturated carbocycles. The zero-order valence-electron chi connectivity index (χ0n) is 12.5. The van der Waals surface area contributed by atoms with Gasteiger partial charge in [0.25, 0.3) is 0 Å². The lowest BCUT2D eigenvalue weighted by atomic mass is 9.95. The molecule has 7 heteroatoms. The molecule has 0 aromatic carbocycles. The number of H-pyrrole nitrogens is 1. The average molecular weight is 336 g/mol. The van der Waals surface area contributed by atoms with Crippen LogP contribution in [0.3, 0.4) is 0 Å². The first-order valence-electron chi connectivity index (χ1n) is 7.65. The van der Waals surface area contributed by atoms with E-state index in [4.69, 9.17) is 0 Å². The minimum atomic E-state index is -0.186. The number of thiophene rings is 1. The minimum Gasteiger partial charge on any atom is -0.352 e. The topological polar surface area (TPSA) is 70.7 Å². The van der Waals surface area contributed by atoms with Crippen molar-refractivity contribution in [2.45, 2.75) is 55.5 Å². The van der Waals surface area contributed by atoms with Crippen LogP contribution in [0.4, 0.5) is 0 Å². The number of thioether (sulfide) groups is 1. The number of carbonyl (C=O) groups excluding carboxylic acids is 1. The van der Waals surface area contributed by atoms with Gasteiger partial charge < -0.3 is 5.32 Å². The molecule has 1 aliphatic rings. The van der Waals surface area contributed by atoms with Crippen molar-refractivity contribution in [1.29, 1.82) is 0 Å². The van der Waals surface area contributed by atoms with Gasteiger partial charge in [-0.3, -0.25) is 9.89 Å². The zero-order chi connectivity index (χ0) is 15.4. The Morgan fingerprint density at radius 1 is 1.45 bits per heavy atom. The fourth-order valence-corrected chi connectivity index (χ4v) is 4.00. The van der Waals surface area contributed by atoms with E-state index in [2.05, 4.69) is 20.5 Å². The highest BCUT2D eigenvalue weighted by atomic mass is 32.2. The van der Waals surface area contributed by atoms with Gasteiger partial charge in [-0.2, -0.15) is 0 Å². The third-order valence-electron chi connectivity index (χ3n) is 3.82. The molecule has 0 saturated heterocycles. The summed E-state index contributed by atoms with van der Waals surface area (Å²) in [6, 6.07) is 4.33. The van der Waals surface area contributed by atoms with Crippen molar-refractivity contribution in [3.05, 3.63) is 17.5 Å². The lowest BCUT2D eigenvalue weighted by Crippen LogP contribution is -2.40. The minimum absolute atomic E-state index is 0.0828. The molecule has 3 rings (SSSR count). The molecule has 0 bridgehead atoms. The summed E-state index contributed by atoms with van der Waals surface area (Å²) in [4.78, 5) is 17.8. The summed E-state index contributed by atoms with van der Waals surface area (Å²) in [7, 11) is 0. The molecule has 1 amide bonds. The number of nitrogens with one attached hydrogen (secondary N) is 2. The highest BCUT2D eigenvalue weighted by Crippen LogP contribution is 2.25. The van der Waals surface area contributed by atoms with Crippen LogP contribution in [-0.4, -0.2) is 32.4 Å². The summed E-state index contributed by atoms with van der Waals surface area (Å²) in [6.07, 6.45) is 5.94. The summed E-state index contributed by atoms with van der Waals surface area (Å²) in [5, 5.41) is 12.7. The molecular weight excluding hydrogens is 316 g/mol. The fourth-order valence-electron chi connectivity index (χ4n) is 2.60. The number of hydrogen-bond acceptors (Lipinski definition) is 5. The molecule has 1 fully saturated rings. The van der Waals surface area contributed by atoms with Crippen molar-refractivity contribution in [2.24, 2.45) is 0 Å². The number of amides is 1. The highest BCUT2D eigenvalue weighted by Gasteiger charge is 2.21. The SMILES string of the molecule is C[C@H](Sc1n[nH]c(-c2cccs2)n1)C(=O)NC1CCCCC1. The fraction of sp³-hybridized carbons (Fsp3) is 0.533. The van der Waals surface area contributed by atoms with E-state index in [0.29, 0.717) is 11.2 Å². The van der Waals surface area contributed by atoms with Crippen LogP contribution in [0, 0.1) is 0 Å². The molecular formula is C15H20N4OS2. The van der Waals surface area contributed by atoms with Crippen LogP contribution in [0.2, 0.25) is 0 Å². The van der Waals surface area contributed by atoms with Crippen molar-refractivity contribution in [3.8, 4) is 10.7 Å². The first kappa shape index (κ1) is 15.6. The van der Waals surface area contributed by atoms with Gasteiger partial charge >= 0.3 is 0 Å². The van der Waals surface area contributed by atoms with Crippen LogP contribution < -0.4 is 5.32 Å². The summed E-state index contributed by atoms with van der Waals surface area (Å²) < 4.78 is 0. The summed E-state index contributed by atoms with van der Waals surface area (Å²) >= 11 is 3.01. The number of aromatic nitrogens is 3. The smallest absolute Gasteiger partial charge is 0.233 e. The van der Waals surface area contributed by atoms with Crippen molar-refractivity contribution < 1.29 is 4.79 Å². The normalized spacial score (nSPS) is 17.3. The second kappa shape index (κ2) is 7.28. The molecule has 1 atom stereocenters. The first-order valence-corrected chi connectivity index (χ1v) is 9.41. The Hall–Kier alpha value is -1.34. The van der Waals surface area contributed by atoms with Crippen LogP contribution in [0.15, 0.2) is 22.7 Å². The Bertz CT molecular complexity index is 605. The molecule has 118 valence electrons. The van der Waals surface area contributed by atoms with Crippen LogP contribution >= 0.6 is 23.1 Å². The van der Waals surface area contributed by atoms with Gasteiger partial charge in [0.05, 0.1) is 10.1 Å². The zero-order valence-corrected chi connectivity index (χ0v) is 14.2. The number of aromatic amines is 1. The van der Waals surface area contributed by atoms with Crippen molar-refractivity contribution in [3.63, 3.8) is 0 Å². The van der Waals surface area contributed by atoms with E-state index in [0.717, 1.165) is 23.5 Å². The molecule has 0 radical (unpaired) electrons. The second-order valence-electron chi connectivity index (χ2n) is 5.55. The van der Waals surface area contributed by atoms with Gasteiger partial charge in [-0.15, -0.1) is 16.4 Å². The number of nitrogens with zero attached hydrogens (tertiary/aromatic N) is 2. The van der Waals surface area contributed by atoms with E-state index in [1.807, 2.05) is 24.4 Å². The molecule has 1 aliphatic carbocycles. The van der Waals surface area contributed by atoms with Crippen LogP contribution in [0.25, 0.3) is 10.7 Å². The average Bonchev–Trinajstić information content (AvgIpc) is 3.19. The van der Waals surface area contributed by atoms with Gasteiger partial charge in [0.15, 0.2) is 5.82 Å². The second-order valence-corrected chi connectivity index (χ2v) is 7.80. The molecule has 2 N–H and O–H groups in total. The van der Waals surface area contributed by atoms with E-state index in [-0.39, 0.29) is 11.2 Å². The van der Waals surface area contributed by atoms with Gasteiger partial charge in [0.1, 0.15) is 0 Å². The number of rotatable bonds is 5. The molecule has 2 aromatic heterocycles. The van der Waals surface area contributed by atoms with Crippen LogP contribution in [0.1, 0.15) is 39.0 Å². The van der Waals surface area contributed by atoms with Gasteiger partial charge in [0, 0.05) is 6.04 Å². The monoisotopic (exact) mass is 336 g/mol. The Balaban J connectivity index is 1.54. The predicted octanol–water partition coefficient (Wildman–Crippen LogP) is 3.46. The van der Waals surface area contributed by atoms with Crippen LogP contribution in [-0.2, 0) is 4.79 Å². The van der Waals surface area contributed by atoms with Gasteiger partial charge in [-0.25, -0.2) is 4.98 Å². The lowest BCUT2D eigenvalue weighted by Gasteiger charge is -2.24. The van der Waals surface area contributed by atoms with Crippen molar-refractivity contribution >= 4 is 29.0 Å². The lowest BCUT2D eigenvalue weighted by molar-refractivity contribution is -0.121. The van der Waals surface area contributed by atoms with E-state index >= 15 is 0 Å². The quantitative estimate of drug-likeness (QED) is 0.820. The van der Waals surface area contributed by atoms with Crippen molar-refractivity contribution in [2.75, 3.05) is 0 Å². The van der Waals surface area contributed by atoms with Crippen molar-refractivity contribution in [1.82, 2.24) is 20.5 Å². The summed E-state index contributed by atoms with van der Waals surface area (Å²) in [5.41, 5.74) is 0. The van der Waals surface area contributed by atoms with E-state index in [1.165, 1.54) is 31.0 Å². The van der Waals surface area contributed by atoms with Crippen LogP contribution in [0.5, 0.6) is 0 Å². The van der Waals surface area contributed by atoms with Gasteiger partial charge in [-0.05, 0) is 31.2 Å². The number of hydrogen-bond donors (Lipinski definition) is 2. The standard InChI is InChI=1S/C15H20N4OS2/c1-10(14(20)16-11-6-3-2-4-7-11)22-15-17-13(18-19-15)12-8-5-9-21-12/h5,8-11H,2-4,6-7H2,1H3,(H,16,20)(H,17,18,19)/t10-/m0/s1. The maximum atomic E-state index is 12.3. The van der Waals surface area contributed by atoms with Gasteiger partial charge in [0.2, 0.25) is 11.1 Å². The molecule has 22 heavy (non-hydrogen) atoms. The summed E-state index contributed by atoms with van der Waals surface area (Å²) in [5.74, 6) is 0.844. The number of carbonyl (C=O) groups is 1. The third-order valence-corrected chi connectivity index (χ3v) is 5.66. The molecule has 2 aromatic rings. The van der Waals surface area contributed by atoms with E-state index in [1.54, 1.807) is 11.3 Å². The maximum Gasteiger partial charge on any atom is 0.233 e. The Kier molecular flexibility index (Phi) is 5.15. The Labute approximate surface area is 138 Å². The Morgan fingerprint density at radius 2 is 2.27 bits per heavy atom. The van der Waals surface area contributed by atoms with Gasteiger partial charge in [-0.1, -0.05) is 37.1 Å². The van der Waals surface area contributed by atoms with E-state index < -0.39 is 0 Å².